The lowest BCUT2D eigenvalue weighted by Crippen LogP contribution is -2.24. The highest BCUT2D eigenvalue weighted by Gasteiger charge is 2.08. The van der Waals surface area contributed by atoms with Crippen molar-refractivity contribution in [2.45, 2.75) is 13.0 Å². The average molecular weight is 307 g/mol. The van der Waals surface area contributed by atoms with E-state index in [9.17, 15) is 4.79 Å². The second-order valence-electron chi connectivity index (χ2n) is 5.87. The van der Waals surface area contributed by atoms with Crippen LogP contribution in [0, 0.1) is 0 Å². The molecule has 1 aromatic heterocycles. The summed E-state index contributed by atoms with van der Waals surface area (Å²) in [4.78, 5) is 17.4. The van der Waals surface area contributed by atoms with Crippen LogP contribution in [0.4, 0.5) is 5.69 Å². The summed E-state index contributed by atoms with van der Waals surface area (Å²) in [5, 5.41) is 4.09. The number of para-hydroxylation sites is 1. The average Bonchev–Trinajstić information content (AvgIpc) is 2.96. The first kappa shape index (κ1) is 15.2. The molecule has 3 rings (SSSR count). The van der Waals surface area contributed by atoms with Crippen molar-refractivity contribution in [3.05, 3.63) is 65.9 Å². The van der Waals surface area contributed by atoms with Crippen LogP contribution in [0.2, 0.25) is 0 Å². The molecule has 4 heteroatoms. The van der Waals surface area contributed by atoms with E-state index in [4.69, 9.17) is 0 Å². The minimum atomic E-state index is 0.0337. The highest BCUT2D eigenvalue weighted by atomic mass is 16.1. The Kier molecular flexibility index (Phi) is 4.33. The van der Waals surface area contributed by atoms with Crippen LogP contribution in [-0.2, 0) is 17.8 Å². The summed E-state index contributed by atoms with van der Waals surface area (Å²) in [7, 11) is 4.02. The van der Waals surface area contributed by atoms with Gasteiger partial charge in [0.2, 0.25) is 5.91 Å². The molecule has 1 heterocycles. The number of carbonyl (C=O) groups is 1. The number of carbonyl (C=O) groups excluding carboxylic acids is 1. The second kappa shape index (κ2) is 6.57. The van der Waals surface area contributed by atoms with Crippen LogP contribution in [0.1, 0.15) is 11.1 Å². The third-order valence-corrected chi connectivity index (χ3v) is 3.97. The van der Waals surface area contributed by atoms with Gasteiger partial charge in [-0.15, -0.1) is 0 Å². The van der Waals surface area contributed by atoms with E-state index < -0.39 is 0 Å². The van der Waals surface area contributed by atoms with Gasteiger partial charge in [0.05, 0.1) is 6.42 Å². The molecule has 0 saturated carbocycles. The molecule has 0 unspecified atom stereocenters. The maximum Gasteiger partial charge on any atom is 0.224 e. The van der Waals surface area contributed by atoms with Crippen LogP contribution < -0.4 is 10.2 Å². The molecule has 0 bridgehead atoms. The number of benzene rings is 2. The lowest BCUT2D eigenvalue weighted by molar-refractivity contribution is -0.120. The summed E-state index contributed by atoms with van der Waals surface area (Å²) >= 11 is 0. The standard InChI is InChI=1S/C19H21N3O/c1-22(2)16-9-7-14(8-10-16)12-21-19(23)11-15-13-20-18-6-4-3-5-17(15)18/h3-10,13,20H,11-12H2,1-2H3,(H,21,23). The van der Waals surface area contributed by atoms with Gasteiger partial charge in [0.1, 0.15) is 0 Å². The number of fused-ring (bicyclic) bond motifs is 1. The van der Waals surface area contributed by atoms with Crippen LogP contribution in [0.15, 0.2) is 54.7 Å². The molecule has 2 N–H and O–H groups in total. The van der Waals surface area contributed by atoms with E-state index in [1.807, 2.05) is 56.7 Å². The number of anilines is 1. The van der Waals surface area contributed by atoms with E-state index in [1.54, 1.807) is 0 Å². The summed E-state index contributed by atoms with van der Waals surface area (Å²) in [5.74, 6) is 0.0337. The molecule has 0 aliphatic rings. The molecule has 0 fully saturated rings. The van der Waals surface area contributed by atoms with Crippen LogP contribution in [0.5, 0.6) is 0 Å². The van der Waals surface area contributed by atoms with Gasteiger partial charge in [-0.3, -0.25) is 4.79 Å². The molecule has 0 saturated heterocycles. The second-order valence-corrected chi connectivity index (χ2v) is 5.87. The Morgan fingerprint density at radius 3 is 2.57 bits per heavy atom. The molecule has 0 spiro atoms. The first-order valence-corrected chi connectivity index (χ1v) is 7.71. The monoisotopic (exact) mass is 307 g/mol. The van der Waals surface area contributed by atoms with Gasteiger partial charge in [0, 0.05) is 43.4 Å². The molecular formula is C19H21N3O. The van der Waals surface area contributed by atoms with Crippen LogP contribution in [-0.4, -0.2) is 25.0 Å². The van der Waals surface area contributed by atoms with Gasteiger partial charge in [0.25, 0.3) is 0 Å². The van der Waals surface area contributed by atoms with Gasteiger partial charge >= 0.3 is 0 Å². The molecule has 2 aromatic carbocycles. The van der Waals surface area contributed by atoms with E-state index in [-0.39, 0.29) is 5.91 Å². The van der Waals surface area contributed by atoms with E-state index in [0.717, 1.165) is 27.7 Å². The van der Waals surface area contributed by atoms with Gasteiger partial charge in [-0.1, -0.05) is 30.3 Å². The van der Waals surface area contributed by atoms with Crippen molar-refractivity contribution >= 4 is 22.5 Å². The molecule has 0 aliphatic carbocycles. The van der Waals surface area contributed by atoms with E-state index in [2.05, 4.69) is 27.3 Å². The molecule has 0 radical (unpaired) electrons. The quantitative estimate of drug-likeness (QED) is 0.761. The van der Waals surface area contributed by atoms with Gasteiger partial charge < -0.3 is 15.2 Å². The summed E-state index contributed by atoms with van der Waals surface area (Å²) in [5.41, 5.74) is 4.34. The molecule has 0 aliphatic heterocycles. The van der Waals surface area contributed by atoms with Crippen molar-refractivity contribution < 1.29 is 4.79 Å². The summed E-state index contributed by atoms with van der Waals surface area (Å²) in [6.45, 7) is 0.550. The molecule has 1 amide bonds. The predicted molar refractivity (Wildman–Crippen MR) is 94.6 cm³/mol. The number of aromatic nitrogens is 1. The number of aromatic amines is 1. The van der Waals surface area contributed by atoms with E-state index >= 15 is 0 Å². The minimum Gasteiger partial charge on any atom is -0.378 e. The minimum absolute atomic E-state index is 0.0337. The molecular weight excluding hydrogens is 286 g/mol. The smallest absolute Gasteiger partial charge is 0.224 e. The van der Waals surface area contributed by atoms with Crippen molar-refractivity contribution in [3.63, 3.8) is 0 Å². The van der Waals surface area contributed by atoms with Crippen LogP contribution in [0.25, 0.3) is 10.9 Å². The summed E-state index contributed by atoms with van der Waals surface area (Å²) in [6.07, 6.45) is 2.30. The maximum absolute atomic E-state index is 12.2. The molecule has 0 atom stereocenters. The Morgan fingerprint density at radius 2 is 1.83 bits per heavy atom. The zero-order valence-corrected chi connectivity index (χ0v) is 13.5. The fourth-order valence-electron chi connectivity index (χ4n) is 2.63. The maximum atomic E-state index is 12.2. The predicted octanol–water partition coefficient (Wildman–Crippen LogP) is 3.09. The number of hydrogen-bond donors (Lipinski definition) is 2. The fourth-order valence-corrected chi connectivity index (χ4v) is 2.63. The first-order valence-electron chi connectivity index (χ1n) is 7.71. The SMILES string of the molecule is CN(C)c1ccc(CNC(=O)Cc2c[nH]c3ccccc23)cc1. The lowest BCUT2D eigenvalue weighted by atomic mass is 10.1. The molecule has 3 aromatic rings. The highest BCUT2D eigenvalue weighted by Crippen LogP contribution is 2.18. The first-order chi connectivity index (χ1) is 11.1. The summed E-state index contributed by atoms with van der Waals surface area (Å²) in [6, 6.07) is 16.2. The number of amides is 1. The van der Waals surface area contributed by atoms with E-state index in [0.29, 0.717) is 13.0 Å². The Hall–Kier alpha value is -2.75. The third-order valence-electron chi connectivity index (χ3n) is 3.97. The van der Waals surface area contributed by atoms with Gasteiger partial charge in [-0.2, -0.15) is 0 Å². The topological polar surface area (TPSA) is 48.1 Å². The van der Waals surface area contributed by atoms with Crippen LogP contribution in [0.3, 0.4) is 0 Å². The van der Waals surface area contributed by atoms with E-state index in [1.165, 1.54) is 0 Å². The zero-order valence-electron chi connectivity index (χ0n) is 13.5. The Morgan fingerprint density at radius 1 is 1.09 bits per heavy atom. The number of nitrogens with one attached hydrogen (secondary N) is 2. The van der Waals surface area contributed by atoms with Crippen molar-refractivity contribution in [2.75, 3.05) is 19.0 Å². The Labute approximate surface area is 136 Å². The Bertz CT molecular complexity index is 803. The largest absolute Gasteiger partial charge is 0.378 e. The molecule has 4 nitrogen and oxygen atoms in total. The van der Waals surface area contributed by atoms with Crippen molar-refractivity contribution in [1.82, 2.24) is 10.3 Å². The molecule has 23 heavy (non-hydrogen) atoms. The number of H-pyrrole nitrogens is 1. The van der Waals surface area contributed by atoms with Crippen molar-refractivity contribution in [3.8, 4) is 0 Å². The molecule has 118 valence electrons. The van der Waals surface area contributed by atoms with Crippen LogP contribution >= 0.6 is 0 Å². The summed E-state index contributed by atoms with van der Waals surface area (Å²) < 4.78 is 0. The van der Waals surface area contributed by atoms with Gasteiger partial charge in [-0.05, 0) is 29.3 Å². The normalized spacial score (nSPS) is 10.7. The number of hydrogen-bond acceptors (Lipinski definition) is 2. The Balaban J connectivity index is 1.59. The lowest BCUT2D eigenvalue weighted by Gasteiger charge is -2.13. The van der Waals surface area contributed by atoms with Gasteiger partial charge in [0.15, 0.2) is 0 Å². The van der Waals surface area contributed by atoms with Crippen molar-refractivity contribution in [2.24, 2.45) is 0 Å². The van der Waals surface area contributed by atoms with Crippen molar-refractivity contribution in [1.29, 1.82) is 0 Å². The number of rotatable bonds is 5. The third kappa shape index (κ3) is 3.54. The highest BCUT2D eigenvalue weighted by molar-refractivity contribution is 5.88. The number of nitrogens with zero attached hydrogens (tertiary/aromatic N) is 1. The fraction of sp³-hybridized carbons (Fsp3) is 0.211. The van der Waals surface area contributed by atoms with Gasteiger partial charge in [-0.25, -0.2) is 0 Å². The zero-order chi connectivity index (χ0) is 16.2.